The fraction of sp³-hybridized carbons (Fsp3) is 0.588. The molecule has 2 unspecified atom stereocenters. The fourth-order valence-electron chi connectivity index (χ4n) is 3.70. The zero-order valence-corrected chi connectivity index (χ0v) is 12.2. The first kappa shape index (κ1) is 13.6. The van der Waals surface area contributed by atoms with Crippen LogP contribution in [0.4, 0.5) is 0 Å². The van der Waals surface area contributed by atoms with E-state index >= 15 is 0 Å². The van der Waals surface area contributed by atoms with Crippen LogP contribution in [0.1, 0.15) is 43.2 Å². The molecule has 0 saturated carbocycles. The van der Waals surface area contributed by atoms with Crippen molar-refractivity contribution in [3.05, 3.63) is 35.4 Å². The molecule has 108 valence electrons. The molecule has 0 aromatic heterocycles. The Bertz CT molecular complexity index is 474. The lowest BCUT2D eigenvalue weighted by Crippen LogP contribution is -2.39. The SMILES string of the molecule is Cc1cccc(CNC(=O)CC2CC3CCC(C2)N3)c1. The molecule has 3 nitrogen and oxygen atoms in total. The van der Waals surface area contributed by atoms with Gasteiger partial charge in [0.15, 0.2) is 0 Å². The molecule has 2 N–H and O–H groups in total. The fourth-order valence-corrected chi connectivity index (χ4v) is 3.70. The zero-order chi connectivity index (χ0) is 13.9. The van der Waals surface area contributed by atoms with Crippen LogP contribution in [0.2, 0.25) is 0 Å². The molecule has 0 spiro atoms. The van der Waals surface area contributed by atoms with E-state index in [9.17, 15) is 4.79 Å². The molecule has 3 heteroatoms. The van der Waals surface area contributed by atoms with Gasteiger partial charge in [-0.1, -0.05) is 29.8 Å². The molecule has 2 heterocycles. The topological polar surface area (TPSA) is 41.1 Å². The number of rotatable bonds is 4. The molecular formula is C17H24N2O. The first-order valence-electron chi connectivity index (χ1n) is 7.77. The largest absolute Gasteiger partial charge is 0.352 e. The summed E-state index contributed by atoms with van der Waals surface area (Å²) in [5, 5.41) is 6.69. The van der Waals surface area contributed by atoms with Crippen LogP contribution in [-0.2, 0) is 11.3 Å². The molecule has 20 heavy (non-hydrogen) atoms. The van der Waals surface area contributed by atoms with Gasteiger partial charge in [-0.2, -0.15) is 0 Å². The lowest BCUT2D eigenvalue weighted by atomic mass is 9.89. The predicted molar refractivity (Wildman–Crippen MR) is 80.3 cm³/mol. The molecule has 0 aliphatic carbocycles. The molecule has 2 fully saturated rings. The van der Waals surface area contributed by atoms with Crippen LogP contribution >= 0.6 is 0 Å². The maximum absolute atomic E-state index is 12.1. The van der Waals surface area contributed by atoms with Crippen LogP contribution < -0.4 is 10.6 Å². The number of hydrogen-bond donors (Lipinski definition) is 2. The van der Waals surface area contributed by atoms with E-state index in [1.807, 2.05) is 6.07 Å². The summed E-state index contributed by atoms with van der Waals surface area (Å²) in [7, 11) is 0. The highest BCUT2D eigenvalue weighted by molar-refractivity contribution is 5.76. The smallest absolute Gasteiger partial charge is 0.220 e. The van der Waals surface area contributed by atoms with Gasteiger partial charge in [0, 0.05) is 25.0 Å². The van der Waals surface area contributed by atoms with Gasteiger partial charge in [-0.05, 0) is 44.1 Å². The van der Waals surface area contributed by atoms with Gasteiger partial charge >= 0.3 is 0 Å². The number of benzene rings is 1. The maximum Gasteiger partial charge on any atom is 0.220 e. The Morgan fingerprint density at radius 1 is 1.30 bits per heavy atom. The number of piperidine rings is 1. The number of aryl methyl sites for hydroxylation is 1. The average molecular weight is 272 g/mol. The number of fused-ring (bicyclic) bond motifs is 2. The second kappa shape index (κ2) is 5.96. The van der Waals surface area contributed by atoms with Gasteiger partial charge in [0.05, 0.1) is 0 Å². The number of hydrogen-bond acceptors (Lipinski definition) is 2. The highest BCUT2D eigenvalue weighted by Crippen LogP contribution is 2.32. The van der Waals surface area contributed by atoms with E-state index in [2.05, 4.69) is 35.8 Å². The Hall–Kier alpha value is -1.35. The van der Waals surface area contributed by atoms with Gasteiger partial charge in [0.25, 0.3) is 0 Å². The minimum Gasteiger partial charge on any atom is -0.352 e. The van der Waals surface area contributed by atoms with Crippen molar-refractivity contribution >= 4 is 5.91 Å². The third kappa shape index (κ3) is 3.40. The Balaban J connectivity index is 1.45. The number of carbonyl (C=O) groups excluding carboxylic acids is 1. The highest BCUT2D eigenvalue weighted by atomic mass is 16.1. The Labute approximate surface area is 121 Å². The maximum atomic E-state index is 12.1. The van der Waals surface area contributed by atoms with Crippen LogP contribution in [0, 0.1) is 12.8 Å². The number of nitrogens with one attached hydrogen (secondary N) is 2. The van der Waals surface area contributed by atoms with E-state index in [1.54, 1.807) is 0 Å². The van der Waals surface area contributed by atoms with Gasteiger partial charge in [-0.25, -0.2) is 0 Å². The van der Waals surface area contributed by atoms with E-state index in [0.717, 1.165) is 0 Å². The summed E-state index contributed by atoms with van der Waals surface area (Å²) in [6.45, 7) is 2.73. The summed E-state index contributed by atoms with van der Waals surface area (Å²) in [5.74, 6) is 0.782. The van der Waals surface area contributed by atoms with E-state index in [1.165, 1.54) is 36.8 Å². The summed E-state index contributed by atoms with van der Waals surface area (Å²) in [4.78, 5) is 12.1. The van der Waals surface area contributed by atoms with E-state index in [-0.39, 0.29) is 5.91 Å². The third-order valence-corrected chi connectivity index (χ3v) is 4.62. The molecular weight excluding hydrogens is 248 g/mol. The Morgan fingerprint density at radius 3 is 2.75 bits per heavy atom. The summed E-state index contributed by atoms with van der Waals surface area (Å²) in [6.07, 6.45) is 5.64. The first-order valence-corrected chi connectivity index (χ1v) is 7.77. The third-order valence-electron chi connectivity index (χ3n) is 4.62. The van der Waals surface area contributed by atoms with Crippen molar-refractivity contribution in [2.75, 3.05) is 0 Å². The number of carbonyl (C=O) groups is 1. The predicted octanol–water partition coefficient (Wildman–Crippen LogP) is 2.53. The van der Waals surface area contributed by atoms with E-state index in [4.69, 9.17) is 0 Å². The molecule has 2 atom stereocenters. The van der Waals surface area contributed by atoms with Crippen LogP contribution in [0.5, 0.6) is 0 Å². The van der Waals surface area contributed by atoms with Crippen LogP contribution in [0.3, 0.4) is 0 Å². The molecule has 1 aromatic rings. The second-order valence-electron chi connectivity index (χ2n) is 6.45. The lowest BCUT2D eigenvalue weighted by Gasteiger charge is -2.28. The summed E-state index contributed by atoms with van der Waals surface area (Å²) >= 11 is 0. The molecule has 2 bridgehead atoms. The van der Waals surface area contributed by atoms with Crippen LogP contribution in [0.15, 0.2) is 24.3 Å². The van der Waals surface area contributed by atoms with Crippen molar-refractivity contribution in [3.63, 3.8) is 0 Å². The molecule has 1 amide bonds. The minimum atomic E-state index is 0.206. The van der Waals surface area contributed by atoms with Crippen LogP contribution in [-0.4, -0.2) is 18.0 Å². The van der Waals surface area contributed by atoms with Gasteiger partial charge in [0.1, 0.15) is 0 Å². The first-order chi connectivity index (χ1) is 9.69. The Morgan fingerprint density at radius 2 is 2.05 bits per heavy atom. The van der Waals surface area contributed by atoms with Crippen LogP contribution in [0.25, 0.3) is 0 Å². The van der Waals surface area contributed by atoms with Gasteiger partial charge in [0.2, 0.25) is 5.91 Å². The van der Waals surface area contributed by atoms with Crippen molar-refractivity contribution in [2.24, 2.45) is 5.92 Å². The molecule has 1 aromatic carbocycles. The summed E-state index contributed by atoms with van der Waals surface area (Å²) < 4.78 is 0. The van der Waals surface area contributed by atoms with Gasteiger partial charge in [-0.15, -0.1) is 0 Å². The standard InChI is InChI=1S/C17H24N2O/c1-12-3-2-4-13(7-12)11-18-17(20)10-14-8-15-5-6-16(9-14)19-15/h2-4,7,14-16,19H,5-6,8-11H2,1H3,(H,18,20). The van der Waals surface area contributed by atoms with Crippen molar-refractivity contribution in [3.8, 4) is 0 Å². The van der Waals surface area contributed by atoms with E-state index < -0.39 is 0 Å². The summed E-state index contributed by atoms with van der Waals surface area (Å²) in [6, 6.07) is 9.66. The quantitative estimate of drug-likeness (QED) is 0.884. The number of amides is 1. The minimum absolute atomic E-state index is 0.206. The van der Waals surface area contributed by atoms with Crippen molar-refractivity contribution < 1.29 is 4.79 Å². The normalized spacial score (nSPS) is 28.4. The Kier molecular flexibility index (Phi) is 4.06. The average Bonchev–Trinajstić information content (AvgIpc) is 2.76. The van der Waals surface area contributed by atoms with Gasteiger partial charge in [-0.3, -0.25) is 4.79 Å². The second-order valence-corrected chi connectivity index (χ2v) is 6.45. The molecule has 3 rings (SSSR count). The summed E-state index contributed by atoms with van der Waals surface area (Å²) in [5.41, 5.74) is 2.43. The zero-order valence-electron chi connectivity index (χ0n) is 12.2. The van der Waals surface area contributed by atoms with Crippen molar-refractivity contribution in [2.45, 2.75) is 57.7 Å². The molecule has 2 aliphatic rings. The molecule has 2 saturated heterocycles. The highest BCUT2D eigenvalue weighted by Gasteiger charge is 2.33. The molecule has 0 radical (unpaired) electrons. The van der Waals surface area contributed by atoms with Gasteiger partial charge < -0.3 is 10.6 Å². The van der Waals surface area contributed by atoms with Crippen molar-refractivity contribution in [1.29, 1.82) is 0 Å². The monoisotopic (exact) mass is 272 g/mol. The lowest BCUT2D eigenvalue weighted by molar-refractivity contribution is -0.122. The van der Waals surface area contributed by atoms with E-state index in [0.29, 0.717) is 31.0 Å². The van der Waals surface area contributed by atoms with Crippen molar-refractivity contribution in [1.82, 2.24) is 10.6 Å². The molecule has 2 aliphatic heterocycles.